The number of para-hydroxylation sites is 1. The summed E-state index contributed by atoms with van der Waals surface area (Å²) in [6, 6.07) is 10.3. The molecule has 0 bridgehead atoms. The van der Waals surface area contributed by atoms with E-state index in [1.165, 1.54) is 49.9 Å². The maximum absolute atomic E-state index is 12.1. The fraction of sp³-hybridized carbons (Fsp3) is 0.455. The Morgan fingerprint density at radius 2 is 1.64 bits per heavy atom. The maximum Gasteiger partial charge on any atom is 0.417 e. The summed E-state index contributed by atoms with van der Waals surface area (Å²) in [6.07, 6.45) is 10.00. The molecule has 1 aromatic carbocycles. The van der Waals surface area contributed by atoms with Gasteiger partial charge in [0.2, 0.25) is 0 Å². The first-order chi connectivity index (χ1) is 13.6. The molecule has 0 spiro atoms. The number of aromatic carboxylic acids is 1. The topological polar surface area (TPSA) is 75.6 Å². The first-order valence-corrected chi connectivity index (χ1v) is 10.8. The number of ether oxygens (including phenoxy) is 1. The molecular weight excluding hydrogens is 374 g/mol. The number of carbonyl (C=O) groups excluding carboxylic acids is 1. The summed E-state index contributed by atoms with van der Waals surface area (Å²) in [5, 5.41) is 12.3. The van der Waals surface area contributed by atoms with E-state index >= 15 is 0 Å². The number of amides is 1. The third kappa shape index (κ3) is 7.72. The number of hydrogen-bond acceptors (Lipinski definition) is 4. The zero-order valence-electron chi connectivity index (χ0n) is 16.4. The Balaban J connectivity index is 1.81. The molecule has 1 aromatic heterocycles. The molecule has 1 heterocycles. The largest absolute Gasteiger partial charge is 0.478 e. The highest BCUT2D eigenvalue weighted by Gasteiger charge is 2.18. The van der Waals surface area contributed by atoms with E-state index in [1.54, 1.807) is 30.3 Å². The van der Waals surface area contributed by atoms with Crippen LogP contribution in [-0.2, 0) is 6.42 Å². The zero-order chi connectivity index (χ0) is 20.2. The van der Waals surface area contributed by atoms with Gasteiger partial charge in [0.25, 0.3) is 0 Å². The number of rotatable bonds is 12. The average molecular weight is 404 g/mol. The van der Waals surface area contributed by atoms with E-state index in [1.807, 2.05) is 6.07 Å². The lowest BCUT2D eigenvalue weighted by Gasteiger charge is -2.05. The van der Waals surface area contributed by atoms with Crippen LogP contribution in [0.15, 0.2) is 36.4 Å². The monoisotopic (exact) mass is 403 g/mol. The van der Waals surface area contributed by atoms with E-state index in [4.69, 9.17) is 4.74 Å². The number of carbonyl (C=O) groups is 2. The van der Waals surface area contributed by atoms with Gasteiger partial charge in [0, 0.05) is 4.88 Å². The first kappa shape index (κ1) is 22.0. The number of carboxylic acids is 1. The lowest BCUT2D eigenvalue weighted by molar-refractivity contribution is 0.0698. The van der Waals surface area contributed by atoms with Crippen LogP contribution in [0, 0.1) is 0 Å². The molecule has 2 N–H and O–H groups in total. The summed E-state index contributed by atoms with van der Waals surface area (Å²) in [6.45, 7) is 2.22. The zero-order valence-corrected chi connectivity index (χ0v) is 17.2. The van der Waals surface area contributed by atoms with Crippen molar-refractivity contribution in [2.24, 2.45) is 0 Å². The third-order valence-corrected chi connectivity index (χ3v) is 5.57. The molecule has 0 atom stereocenters. The average Bonchev–Trinajstić information content (AvgIpc) is 3.07. The van der Waals surface area contributed by atoms with Crippen molar-refractivity contribution in [2.75, 3.05) is 5.32 Å². The molecular formula is C22H29NO4S. The lowest BCUT2D eigenvalue weighted by Crippen LogP contribution is -2.17. The van der Waals surface area contributed by atoms with Crippen LogP contribution in [0.25, 0.3) is 0 Å². The Morgan fingerprint density at radius 1 is 1.00 bits per heavy atom. The molecule has 6 heteroatoms. The second kappa shape index (κ2) is 12.2. The molecule has 28 heavy (non-hydrogen) atoms. The minimum absolute atomic E-state index is 0.115. The van der Waals surface area contributed by atoms with Crippen molar-refractivity contribution in [2.45, 2.75) is 64.7 Å². The Bertz CT molecular complexity index is 742. The minimum atomic E-state index is -1.05. The van der Waals surface area contributed by atoms with Crippen LogP contribution >= 0.6 is 11.3 Å². The molecule has 0 radical (unpaired) electrons. The summed E-state index contributed by atoms with van der Waals surface area (Å²) in [5.41, 5.74) is 0.115. The summed E-state index contributed by atoms with van der Waals surface area (Å²) >= 11 is 1.31. The van der Waals surface area contributed by atoms with E-state index in [-0.39, 0.29) is 5.56 Å². The number of benzene rings is 1. The van der Waals surface area contributed by atoms with Crippen LogP contribution in [0.2, 0.25) is 0 Å². The highest BCUT2D eigenvalue weighted by molar-refractivity contribution is 7.16. The fourth-order valence-electron chi connectivity index (χ4n) is 2.96. The number of nitrogens with one attached hydrogen (secondary N) is 1. The van der Waals surface area contributed by atoms with E-state index in [0.717, 1.165) is 24.1 Å². The maximum atomic E-state index is 12.1. The quantitative estimate of drug-likeness (QED) is 0.385. The van der Waals surface area contributed by atoms with Gasteiger partial charge >= 0.3 is 12.1 Å². The predicted octanol–water partition coefficient (Wildman–Crippen LogP) is 6.74. The summed E-state index contributed by atoms with van der Waals surface area (Å²) in [4.78, 5) is 24.5. The van der Waals surface area contributed by atoms with Gasteiger partial charge in [-0.25, -0.2) is 9.59 Å². The second-order valence-electron chi connectivity index (χ2n) is 6.81. The number of hydrogen-bond donors (Lipinski definition) is 2. The van der Waals surface area contributed by atoms with Crippen LogP contribution in [-0.4, -0.2) is 17.2 Å². The number of unbranched alkanes of at least 4 members (excludes halogenated alkanes) is 7. The number of aryl methyl sites for hydroxylation is 1. The molecule has 0 saturated carbocycles. The predicted molar refractivity (Wildman–Crippen MR) is 114 cm³/mol. The molecule has 0 aliphatic heterocycles. The smallest absolute Gasteiger partial charge is 0.417 e. The minimum Gasteiger partial charge on any atom is -0.478 e. The van der Waals surface area contributed by atoms with E-state index in [9.17, 15) is 14.7 Å². The first-order valence-electron chi connectivity index (χ1n) is 10.00. The molecule has 5 nitrogen and oxygen atoms in total. The third-order valence-electron chi connectivity index (χ3n) is 4.46. The lowest BCUT2D eigenvalue weighted by atomic mass is 10.1. The highest BCUT2D eigenvalue weighted by Crippen LogP contribution is 2.30. The molecule has 2 aromatic rings. The molecule has 0 saturated heterocycles. The molecule has 152 valence electrons. The van der Waals surface area contributed by atoms with Crippen molar-refractivity contribution in [3.05, 3.63) is 46.8 Å². The van der Waals surface area contributed by atoms with Gasteiger partial charge in [0.05, 0.1) is 5.56 Å². The Morgan fingerprint density at radius 3 is 2.29 bits per heavy atom. The van der Waals surface area contributed by atoms with Crippen molar-refractivity contribution in [3.63, 3.8) is 0 Å². The van der Waals surface area contributed by atoms with E-state index < -0.39 is 12.1 Å². The van der Waals surface area contributed by atoms with Gasteiger partial charge in [-0.2, -0.15) is 0 Å². The van der Waals surface area contributed by atoms with Gasteiger partial charge < -0.3 is 9.84 Å². The number of carboxylic acid groups (broad SMARTS) is 1. The van der Waals surface area contributed by atoms with Crippen molar-refractivity contribution in [3.8, 4) is 5.75 Å². The van der Waals surface area contributed by atoms with Crippen LogP contribution in [0.1, 0.15) is 73.5 Å². The summed E-state index contributed by atoms with van der Waals surface area (Å²) in [7, 11) is 0. The number of thiophene rings is 1. The molecule has 0 aliphatic rings. The fourth-order valence-corrected chi connectivity index (χ4v) is 4.04. The molecule has 0 unspecified atom stereocenters. The molecule has 2 rings (SSSR count). The van der Waals surface area contributed by atoms with E-state index in [2.05, 4.69) is 12.2 Å². The van der Waals surface area contributed by atoms with Crippen molar-refractivity contribution in [1.29, 1.82) is 0 Å². The molecule has 1 amide bonds. The van der Waals surface area contributed by atoms with E-state index in [0.29, 0.717) is 10.8 Å². The van der Waals surface area contributed by atoms with Gasteiger partial charge in [-0.05, 0) is 31.0 Å². The van der Waals surface area contributed by atoms with Crippen LogP contribution in [0.4, 0.5) is 9.80 Å². The number of anilines is 1. The van der Waals surface area contributed by atoms with Gasteiger partial charge in [-0.15, -0.1) is 11.3 Å². The van der Waals surface area contributed by atoms with Gasteiger partial charge in [-0.3, -0.25) is 5.32 Å². The second-order valence-corrected chi connectivity index (χ2v) is 7.95. The molecule has 0 aliphatic carbocycles. The standard InChI is InChI=1S/C22H29NO4S/c1-2-3-4-5-6-7-8-12-15-18-16-19(21(24)25)20(28-18)23-22(26)27-17-13-10-9-11-14-17/h9-11,13-14,16H,2-8,12,15H2,1H3,(H,23,26)(H,24,25). The SMILES string of the molecule is CCCCCCCCCCc1cc(C(=O)O)c(NC(=O)Oc2ccccc2)s1. The summed E-state index contributed by atoms with van der Waals surface area (Å²) in [5.74, 6) is -0.638. The van der Waals surface area contributed by atoms with Crippen LogP contribution in [0.3, 0.4) is 0 Å². The van der Waals surface area contributed by atoms with Crippen LogP contribution in [0.5, 0.6) is 5.75 Å². The summed E-state index contributed by atoms with van der Waals surface area (Å²) < 4.78 is 5.18. The van der Waals surface area contributed by atoms with Gasteiger partial charge in [-0.1, -0.05) is 70.1 Å². The molecule has 0 fully saturated rings. The Kier molecular flexibility index (Phi) is 9.55. The van der Waals surface area contributed by atoms with Crippen molar-refractivity contribution in [1.82, 2.24) is 0 Å². The normalized spacial score (nSPS) is 10.6. The Hall–Kier alpha value is -2.34. The van der Waals surface area contributed by atoms with Crippen LogP contribution < -0.4 is 10.1 Å². The van der Waals surface area contributed by atoms with Gasteiger partial charge in [0.15, 0.2) is 0 Å². The van der Waals surface area contributed by atoms with Crippen molar-refractivity contribution >= 4 is 28.4 Å². The van der Waals surface area contributed by atoms with Crippen molar-refractivity contribution < 1.29 is 19.4 Å². The highest BCUT2D eigenvalue weighted by atomic mass is 32.1. The Labute approximate surface area is 170 Å². The van der Waals surface area contributed by atoms with Gasteiger partial charge in [0.1, 0.15) is 10.8 Å².